The van der Waals surface area contributed by atoms with Crippen molar-refractivity contribution in [3.05, 3.63) is 77.9 Å². The van der Waals surface area contributed by atoms with Crippen LogP contribution in [0.4, 0.5) is 5.69 Å². The van der Waals surface area contributed by atoms with E-state index in [4.69, 9.17) is 0 Å². The van der Waals surface area contributed by atoms with Gasteiger partial charge >= 0.3 is 0 Å². The summed E-state index contributed by atoms with van der Waals surface area (Å²) in [5.41, 5.74) is 3.81. The Morgan fingerprint density at radius 3 is 2.28 bits per heavy atom. The fourth-order valence-corrected chi connectivity index (χ4v) is 2.52. The van der Waals surface area contributed by atoms with Crippen LogP contribution < -0.4 is 5.32 Å². The molecule has 2 aromatic carbocycles. The third kappa shape index (κ3) is 4.32. The van der Waals surface area contributed by atoms with Gasteiger partial charge in [0.05, 0.1) is 6.54 Å². The first-order chi connectivity index (χ1) is 11.9. The van der Waals surface area contributed by atoms with Gasteiger partial charge in [-0.1, -0.05) is 45.0 Å². The maximum atomic E-state index is 12.4. The molecule has 0 saturated heterocycles. The van der Waals surface area contributed by atoms with Crippen molar-refractivity contribution in [2.24, 2.45) is 0 Å². The minimum absolute atomic E-state index is 0.0783. The van der Waals surface area contributed by atoms with Gasteiger partial charge in [0.15, 0.2) is 0 Å². The third-order valence-corrected chi connectivity index (χ3v) is 4.04. The van der Waals surface area contributed by atoms with Gasteiger partial charge in [0.25, 0.3) is 5.91 Å². The summed E-state index contributed by atoms with van der Waals surface area (Å²) in [6.07, 6.45) is 3.19. The van der Waals surface area contributed by atoms with Crippen molar-refractivity contribution in [1.82, 2.24) is 14.8 Å². The molecule has 0 atom stereocenters. The minimum atomic E-state index is -0.107. The van der Waals surface area contributed by atoms with E-state index in [-0.39, 0.29) is 11.3 Å². The van der Waals surface area contributed by atoms with Crippen LogP contribution >= 0.6 is 0 Å². The summed E-state index contributed by atoms with van der Waals surface area (Å²) in [5.74, 6) is -0.107. The topological polar surface area (TPSA) is 59.8 Å². The Hall–Kier alpha value is -2.95. The zero-order chi connectivity index (χ0) is 17.9. The normalized spacial score (nSPS) is 11.3. The molecule has 5 heteroatoms. The Morgan fingerprint density at radius 2 is 1.72 bits per heavy atom. The van der Waals surface area contributed by atoms with Gasteiger partial charge < -0.3 is 5.32 Å². The second-order valence-electron chi connectivity index (χ2n) is 7.07. The summed E-state index contributed by atoms with van der Waals surface area (Å²) in [7, 11) is 0. The SMILES string of the molecule is CC(C)(C)c1ccc(C(=O)Nc2ccc(Cn3cncn3)cc2)cc1. The molecule has 0 spiro atoms. The highest BCUT2D eigenvalue weighted by Gasteiger charge is 2.14. The van der Waals surface area contributed by atoms with Crippen LogP contribution in [0, 0.1) is 0 Å². The van der Waals surface area contributed by atoms with Crippen LogP contribution in [0.2, 0.25) is 0 Å². The average molecular weight is 334 g/mol. The molecule has 0 fully saturated rings. The quantitative estimate of drug-likeness (QED) is 0.788. The molecule has 0 saturated carbocycles. The summed E-state index contributed by atoms with van der Waals surface area (Å²) in [6, 6.07) is 15.5. The van der Waals surface area contributed by atoms with Gasteiger partial charge in [-0.2, -0.15) is 5.10 Å². The largest absolute Gasteiger partial charge is 0.322 e. The van der Waals surface area contributed by atoms with Crippen LogP contribution in [-0.4, -0.2) is 20.7 Å². The highest BCUT2D eigenvalue weighted by atomic mass is 16.1. The predicted molar refractivity (Wildman–Crippen MR) is 98.7 cm³/mol. The number of anilines is 1. The van der Waals surface area contributed by atoms with Gasteiger partial charge in [-0.15, -0.1) is 0 Å². The third-order valence-electron chi connectivity index (χ3n) is 4.04. The van der Waals surface area contributed by atoms with Gasteiger partial charge in [0, 0.05) is 11.3 Å². The second-order valence-corrected chi connectivity index (χ2v) is 7.07. The lowest BCUT2D eigenvalue weighted by molar-refractivity contribution is 0.102. The number of aromatic nitrogens is 3. The van der Waals surface area contributed by atoms with E-state index in [1.807, 2.05) is 48.5 Å². The predicted octanol–water partition coefficient (Wildman–Crippen LogP) is 3.88. The van der Waals surface area contributed by atoms with E-state index in [1.165, 1.54) is 11.9 Å². The summed E-state index contributed by atoms with van der Waals surface area (Å²) >= 11 is 0. The fraction of sp³-hybridized carbons (Fsp3) is 0.250. The number of hydrogen-bond acceptors (Lipinski definition) is 3. The Bertz CT molecular complexity index is 829. The van der Waals surface area contributed by atoms with Crippen molar-refractivity contribution in [3.63, 3.8) is 0 Å². The molecule has 1 amide bonds. The molecular weight excluding hydrogens is 312 g/mol. The molecule has 0 aliphatic heterocycles. The van der Waals surface area contributed by atoms with Crippen LogP contribution in [0.3, 0.4) is 0 Å². The van der Waals surface area contributed by atoms with Crippen molar-refractivity contribution in [3.8, 4) is 0 Å². The minimum Gasteiger partial charge on any atom is -0.322 e. The zero-order valence-corrected chi connectivity index (χ0v) is 14.7. The van der Waals surface area contributed by atoms with Gasteiger partial charge in [0.1, 0.15) is 12.7 Å². The number of carbonyl (C=O) groups excluding carboxylic acids is 1. The fourth-order valence-electron chi connectivity index (χ4n) is 2.52. The van der Waals surface area contributed by atoms with E-state index in [1.54, 1.807) is 11.0 Å². The molecule has 0 radical (unpaired) electrons. The molecule has 1 N–H and O–H groups in total. The monoisotopic (exact) mass is 334 g/mol. The molecular formula is C20H22N4O. The maximum Gasteiger partial charge on any atom is 0.255 e. The molecule has 1 heterocycles. The van der Waals surface area contributed by atoms with E-state index in [2.05, 4.69) is 36.2 Å². The summed E-state index contributed by atoms with van der Waals surface area (Å²) < 4.78 is 1.75. The molecule has 1 aromatic heterocycles. The highest BCUT2D eigenvalue weighted by Crippen LogP contribution is 2.22. The van der Waals surface area contributed by atoms with Crippen LogP contribution in [0.25, 0.3) is 0 Å². The molecule has 5 nitrogen and oxygen atoms in total. The van der Waals surface area contributed by atoms with Crippen molar-refractivity contribution in [1.29, 1.82) is 0 Å². The summed E-state index contributed by atoms with van der Waals surface area (Å²) in [4.78, 5) is 16.3. The standard InChI is InChI=1S/C20H22N4O/c1-20(2,3)17-8-6-16(7-9-17)19(25)23-18-10-4-15(5-11-18)12-24-14-21-13-22-24/h4-11,13-14H,12H2,1-3H3,(H,23,25). The van der Waals surface area contributed by atoms with Crippen LogP contribution in [0.15, 0.2) is 61.2 Å². The first-order valence-electron chi connectivity index (χ1n) is 8.25. The molecule has 128 valence electrons. The number of nitrogens with zero attached hydrogens (tertiary/aromatic N) is 3. The molecule has 0 aliphatic rings. The first kappa shape index (κ1) is 16.9. The molecule has 0 unspecified atom stereocenters. The number of benzene rings is 2. The van der Waals surface area contributed by atoms with Crippen LogP contribution in [0.1, 0.15) is 42.3 Å². The Labute approximate surface area is 147 Å². The van der Waals surface area contributed by atoms with Gasteiger partial charge in [-0.3, -0.25) is 4.79 Å². The number of nitrogens with one attached hydrogen (secondary N) is 1. The Kier molecular flexibility index (Phi) is 4.65. The number of carbonyl (C=O) groups is 1. The van der Waals surface area contributed by atoms with Gasteiger partial charge in [-0.25, -0.2) is 9.67 Å². The number of rotatable bonds is 4. The number of amides is 1. The Balaban J connectivity index is 1.64. The summed E-state index contributed by atoms with van der Waals surface area (Å²) in [5, 5.41) is 7.01. The average Bonchev–Trinajstić information content (AvgIpc) is 3.09. The molecule has 0 bridgehead atoms. The van der Waals surface area contributed by atoms with E-state index in [0.29, 0.717) is 12.1 Å². The van der Waals surface area contributed by atoms with E-state index in [0.717, 1.165) is 11.3 Å². The zero-order valence-electron chi connectivity index (χ0n) is 14.7. The molecule has 3 aromatic rings. The highest BCUT2D eigenvalue weighted by molar-refractivity contribution is 6.04. The van der Waals surface area contributed by atoms with Crippen molar-refractivity contribution >= 4 is 11.6 Å². The lowest BCUT2D eigenvalue weighted by Gasteiger charge is -2.19. The van der Waals surface area contributed by atoms with Crippen LogP contribution in [0.5, 0.6) is 0 Å². The Morgan fingerprint density at radius 1 is 1.04 bits per heavy atom. The number of hydrogen-bond donors (Lipinski definition) is 1. The lowest BCUT2D eigenvalue weighted by Crippen LogP contribution is -2.14. The first-order valence-corrected chi connectivity index (χ1v) is 8.25. The summed E-state index contributed by atoms with van der Waals surface area (Å²) in [6.45, 7) is 7.12. The van der Waals surface area contributed by atoms with E-state index < -0.39 is 0 Å². The van der Waals surface area contributed by atoms with Gasteiger partial charge in [0.2, 0.25) is 0 Å². The van der Waals surface area contributed by atoms with E-state index in [9.17, 15) is 4.79 Å². The smallest absolute Gasteiger partial charge is 0.255 e. The molecule has 25 heavy (non-hydrogen) atoms. The van der Waals surface area contributed by atoms with Crippen molar-refractivity contribution < 1.29 is 4.79 Å². The maximum absolute atomic E-state index is 12.4. The van der Waals surface area contributed by atoms with Crippen molar-refractivity contribution in [2.45, 2.75) is 32.7 Å². The molecule has 0 aliphatic carbocycles. The van der Waals surface area contributed by atoms with Crippen LogP contribution in [-0.2, 0) is 12.0 Å². The van der Waals surface area contributed by atoms with Gasteiger partial charge in [-0.05, 0) is 40.8 Å². The second kappa shape index (κ2) is 6.89. The van der Waals surface area contributed by atoms with Crippen molar-refractivity contribution in [2.75, 3.05) is 5.32 Å². The lowest BCUT2D eigenvalue weighted by atomic mass is 9.87. The molecule has 3 rings (SSSR count). The van der Waals surface area contributed by atoms with E-state index >= 15 is 0 Å².